The monoisotopic (exact) mass is 318 g/mol. The second-order valence-corrected chi connectivity index (χ2v) is 6.52. The van der Waals surface area contributed by atoms with Crippen molar-refractivity contribution in [2.24, 2.45) is 0 Å². The van der Waals surface area contributed by atoms with E-state index in [1.54, 1.807) is 0 Å². The predicted molar refractivity (Wildman–Crippen MR) is 108 cm³/mol. The van der Waals surface area contributed by atoms with E-state index >= 15 is 0 Å². The van der Waals surface area contributed by atoms with Crippen LogP contribution in [0.3, 0.4) is 0 Å². The Morgan fingerprint density at radius 1 is 0.750 bits per heavy atom. The summed E-state index contributed by atoms with van der Waals surface area (Å²) >= 11 is 0. The lowest BCUT2D eigenvalue weighted by atomic mass is 9.65. The van der Waals surface area contributed by atoms with Crippen LogP contribution in [0.15, 0.2) is 61.7 Å². The van der Waals surface area contributed by atoms with E-state index in [1.165, 1.54) is 35.1 Å². The lowest BCUT2D eigenvalue weighted by Crippen LogP contribution is -2.29. The van der Waals surface area contributed by atoms with Crippen molar-refractivity contribution in [2.75, 3.05) is 0 Å². The molecule has 0 aliphatic rings. The van der Waals surface area contributed by atoms with Gasteiger partial charge in [-0.15, -0.1) is 0 Å². The van der Waals surface area contributed by atoms with E-state index in [-0.39, 0.29) is 5.41 Å². The average Bonchev–Trinajstić information content (AvgIpc) is 2.65. The third kappa shape index (κ3) is 3.53. The first-order valence-electron chi connectivity index (χ1n) is 9.17. The van der Waals surface area contributed by atoms with Crippen LogP contribution in [-0.4, -0.2) is 0 Å². The standard InChI is InChI=1S/C24H30/c1-5-9-19-24(18-6-2,22-16-12-10-14-20(22)7-3)23-17-13-11-15-21(23)8-4/h7-8,10-17H,3-6,9,18-19H2,1-2H3. The van der Waals surface area contributed by atoms with Gasteiger partial charge in [0.15, 0.2) is 0 Å². The molecule has 126 valence electrons. The summed E-state index contributed by atoms with van der Waals surface area (Å²) in [5.41, 5.74) is 5.34. The maximum Gasteiger partial charge on any atom is 0.0214 e. The van der Waals surface area contributed by atoms with Gasteiger partial charge in [-0.3, -0.25) is 0 Å². The Morgan fingerprint density at radius 2 is 1.25 bits per heavy atom. The van der Waals surface area contributed by atoms with E-state index in [2.05, 4.69) is 75.5 Å². The molecule has 0 radical (unpaired) electrons. The Labute approximate surface area is 147 Å². The van der Waals surface area contributed by atoms with Crippen molar-refractivity contribution in [3.63, 3.8) is 0 Å². The molecule has 0 heteroatoms. The summed E-state index contributed by atoms with van der Waals surface area (Å²) in [4.78, 5) is 0. The highest BCUT2D eigenvalue weighted by Crippen LogP contribution is 2.44. The molecule has 0 unspecified atom stereocenters. The third-order valence-electron chi connectivity index (χ3n) is 5.03. The quantitative estimate of drug-likeness (QED) is 0.457. The first-order valence-corrected chi connectivity index (χ1v) is 9.17. The number of hydrogen-bond acceptors (Lipinski definition) is 0. The average molecular weight is 319 g/mol. The zero-order valence-electron chi connectivity index (χ0n) is 15.2. The highest BCUT2D eigenvalue weighted by Gasteiger charge is 2.35. The van der Waals surface area contributed by atoms with Gasteiger partial charge in [0, 0.05) is 5.41 Å². The summed E-state index contributed by atoms with van der Waals surface area (Å²) in [7, 11) is 0. The molecule has 0 nitrogen and oxygen atoms in total. The molecular formula is C24H30. The van der Waals surface area contributed by atoms with E-state index in [9.17, 15) is 0 Å². The first-order chi connectivity index (χ1) is 11.7. The van der Waals surface area contributed by atoms with Gasteiger partial charge in [-0.25, -0.2) is 0 Å². The highest BCUT2D eigenvalue weighted by molar-refractivity contribution is 5.62. The van der Waals surface area contributed by atoms with E-state index < -0.39 is 0 Å². The van der Waals surface area contributed by atoms with Gasteiger partial charge in [-0.05, 0) is 35.1 Å². The Balaban J connectivity index is 2.76. The Kier molecular flexibility index (Phi) is 6.61. The van der Waals surface area contributed by atoms with Crippen molar-refractivity contribution in [3.05, 3.63) is 83.9 Å². The van der Waals surface area contributed by atoms with Gasteiger partial charge in [0.05, 0.1) is 0 Å². The van der Waals surface area contributed by atoms with Gasteiger partial charge in [-0.1, -0.05) is 107 Å². The Hall–Kier alpha value is -2.08. The molecule has 2 aromatic carbocycles. The van der Waals surface area contributed by atoms with E-state index in [0.717, 1.165) is 19.3 Å². The molecule has 0 saturated heterocycles. The molecule has 0 aliphatic heterocycles. The fourth-order valence-electron chi connectivity index (χ4n) is 3.94. The van der Waals surface area contributed by atoms with E-state index in [4.69, 9.17) is 0 Å². The minimum absolute atomic E-state index is 0.0281. The fourth-order valence-corrected chi connectivity index (χ4v) is 3.94. The number of hydrogen-bond donors (Lipinski definition) is 0. The summed E-state index contributed by atoms with van der Waals surface area (Å²) in [6.07, 6.45) is 9.88. The topological polar surface area (TPSA) is 0 Å². The highest BCUT2D eigenvalue weighted by atomic mass is 14.4. The molecule has 0 saturated carbocycles. The molecule has 0 atom stereocenters. The summed E-state index contributed by atoms with van der Waals surface area (Å²) < 4.78 is 0. The number of rotatable bonds is 9. The molecule has 0 spiro atoms. The molecule has 24 heavy (non-hydrogen) atoms. The van der Waals surface area contributed by atoms with Crippen molar-refractivity contribution < 1.29 is 0 Å². The largest absolute Gasteiger partial charge is 0.0985 e. The van der Waals surface area contributed by atoms with Crippen molar-refractivity contribution in [2.45, 2.75) is 51.4 Å². The molecule has 0 aliphatic carbocycles. The normalized spacial score (nSPS) is 11.2. The van der Waals surface area contributed by atoms with Crippen LogP contribution in [0.5, 0.6) is 0 Å². The number of unbranched alkanes of at least 4 members (excludes halogenated alkanes) is 1. The van der Waals surface area contributed by atoms with Crippen LogP contribution in [0.2, 0.25) is 0 Å². The van der Waals surface area contributed by atoms with Crippen LogP contribution < -0.4 is 0 Å². The molecule has 2 aromatic rings. The molecule has 0 aromatic heterocycles. The summed E-state index contributed by atoms with van der Waals surface area (Å²) in [5, 5.41) is 0. The van der Waals surface area contributed by atoms with Crippen LogP contribution in [0.4, 0.5) is 0 Å². The van der Waals surface area contributed by atoms with Crippen molar-refractivity contribution >= 4 is 12.2 Å². The summed E-state index contributed by atoms with van der Waals surface area (Å²) in [6, 6.07) is 17.5. The zero-order chi connectivity index (χ0) is 17.4. The van der Waals surface area contributed by atoms with Crippen molar-refractivity contribution in [1.82, 2.24) is 0 Å². The van der Waals surface area contributed by atoms with Crippen LogP contribution in [0.1, 0.15) is 68.2 Å². The van der Waals surface area contributed by atoms with E-state index in [1.807, 2.05) is 12.2 Å². The molecule has 0 bridgehead atoms. The maximum absolute atomic E-state index is 4.06. The molecule has 2 rings (SSSR count). The van der Waals surface area contributed by atoms with E-state index in [0.29, 0.717) is 0 Å². The summed E-state index contributed by atoms with van der Waals surface area (Å²) in [6.45, 7) is 12.7. The minimum Gasteiger partial charge on any atom is -0.0985 e. The van der Waals surface area contributed by atoms with Crippen LogP contribution in [0.25, 0.3) is 12.2 Å². The minimum atomic E-state index is 0.0281. The molecule has 0 heterocycles. The smallest absolute Gasteiger partial charge is 0.0214 e. The lowest BCUT2D eigenvalue weighted by Gasteiger charge is -2.38. The first kappa shape index (κ1) is 18.3. The van der Waals surface area contributed by atoms with Crippen molar-refractivity contribution in [1.29, 1.82) is 0 Å². The van der Waals surface area contributed by atoms with Crippen LogP contribution >= 0.6 is 0 Å². The number of benzene rings is 2. The third-order valence-corrected chi connectivity index (χ3v) is 5.03. The summed E-state index contributed by atoms with van der Waals surface area (Å²) in [5.74, 6) is 0. The van der Waals surface area contributed by atoms with Crippen molar-refractivity contribution in [3.8, 4) is 0 Å². The Morgan fingerprint density at radius 3 is 1.67 bits per heavy atom. The second-order valence-electron chi connectivity index (χ2n) is 6.52. The van der Waals surface area contributed by atoms with Gasteiger partial charge in [0.25, 0.3) is 0 Å². The Bertz CT molecular complexity index is 626. The van der Waals surface area contributed by atoms with Gasteiger partial charge in [0.1, 0.15) is 0 Å². The van der Waals surface area contributed by atoms with Gasteiger partial charge >= 0.3 is 0 Å². The molecule has 0 N–H and O–H groups in total. The predicted octanol–water partition coefficient (Wildman–Crippen LogP) is 7.25. The van der Waals surface area contributed by atoms with Gasteiger partial charge < -0.3 is 0 Å². The lowest BCUT2D eigenvalue weighted by molar-refractivity contribution is 0.414. The SMILES string of the molecule is C=Cc1ccccc1C(CCC)(CCCC)c1ccccc1C=C. The maximum atomic E-state index is 4.06. The second kappa shape index (κ2) is 8.68. The molecule has 0 fully saturated rings. The van der Waals surface area contributed by atoms with Gasteiger partial charge in [-0.2, -0.15) is 0 Å². The fraction of sp³-hybridized carbons (Fsp3) is 0.333. The zero-order valence-corrected chi connectivity index (χ0v) is 15.2. The van der Waals surface area contributed by atoms with Gasteiger partial charge in [0.2, 0.25) is 0 Å². The molecule has 0 amide bonds. The molecular weight excluding hydrogens is 288 g/mol. The van der Waals surface area contributed by atoms with Crippen LogP contribution in [-0.2, 0) is 5.41 Å². The van der Waals surface area contributed by atoms with Crippen LogP contribution in [0, 0.1) is 0 Å².